The van der Waals surface area contributed by atoms with Gasteiger partial charge in [-0.05, 0) is 109 Å². The quantitative estimate of drug-likeness (QED) is 0.0261. The van der Waals surface area contributed by atoms with Crippen LogP contribution in [0.5, 0.6) is 0 Å². The molecule has 0 aliphatic heterocycles. The lowest BCUT2D eigenvalue weighted by Crippen LogP contribution is -2.30. The highest BCUT2D eigenvalue weighted by Crippen LogP contribution is 2.16. The lowest BCUT2D eigenvalue weighted by Gasteiger charge is -2.18. The molecule has 0 saturated heterocycles. The molecule has 0 aromatic heterocycles. The van der Waals surface area contributed by atoms with E-state index in [4.69, 9.17) is 14.2 Å². The second-order valence-corrected chi connectivity index (χ2v) is 22.7. The van der Waals surface area contributed by atoms with Gasteiger partial charge < -0.3 is 14.2 Å². The third-order valence-corrected chi connectivity index (χ3v) is 14.8. The smallest absolute Gasteiger partial charge is 0.309 e. The molecule has 0 amide bonds. The fraction of sp³-hybridized carbons (Fsp3) is 0.720. The first-order valence-electron chi connectivity index (χ1n) is 34.4. The van der Waals surface area contributed by atoms with Crippen LogP contribution >= 0.6 is 0 Å². The summed E-state index contributed by atoms with van der Waals surface area (Å²) >= 11 is 0. The number of carbonyl (C=O) groups is 3. The van der Waals surface area contributed by atoms with Crippen LogP contribution in [-0.4, -0.2) is 37.2 Å². The van der Waals surface area contributed by atoms with Crippen molar-refractivity contribution in [2.24, 2.45) is 0 Å². The average molecular weight is 1130 g/mol. The molecular weight excluding hydrogens is 997 g/mol. The third-order valence-electron chi connectivity index (χ3n) is 14.8. The molecule has 0 bridgehead atoms. The van der Waals surface area contributed by atoms with Gasteiger partial charge in [-0.15, -0.1) is 0 Å². The topological polar surface area (TPSA) is 78.9 Å². The lowest BCUT2D eigenvalue weighted by molar-refractivity contribution is -0.166. The maximum absolute atomic E-state index is 12.9. The van der Waals surface area contributed by atoms with Crippen molar-refractivity contribution in [3.8, 4) is 0 Å². The standard InChI is InChI=1S/C75H128O6/c1-4-7-10-13-16-19-22-25-28-30-32-34-36-37-39-40-42-44-47-50-53-56-59-62-65-68-74(77)80-71-72(70-79-73(76)67-64-61-58-55-52-49-46-27-24-21-18-15-12-9-6-3)81-75(78)69-66-63-60-57-54-51-48-45-43-41-38-35-33-31-29-26-23-20-17-14-11-8-5-2/h9,12,18,21-22,25,27,30-33,36-37,46,52,55,61,64,72H,4-8,10-11,13-17,19-20,23-24,26,28-29,34-35,38-45,47-51,53-54,56-60,62-63,65-71H2,1-3H3/b12-9-,21-18-,25-22-,32-30-,33-31-,37-36-,46-27-,55-52-,64-61-. The predicted octanol–water partition coefficient (Wildman–Crippen LogP) is 23.8. The molecule has 0 spiro atoms. The van der Waals surface area contributed by atoms with Gasteiger partial charge in [0, 0.05) is 12.8 Å². The number of rotatable bonds is 62. The molecule has 0 rings (SSSR count). The van der Waals surface area contributed by atoms with Gasteiger partial charge in [-0.2, -0.15) is 0 Å². The maximum Gasteiger partial charge on any atom is 0.309 e. The molecule has 464 valence electrons. The molecule has 0 aliphatic rings. The van der Waals surface area contributed by atoms with Crippen LogP contribution in [0.15, 0.2) is 109 Å². The minimum atomic E-state index is -0.823. The number of ether oxygens (including phenoxy) is 3. The van der Waals surface area contributed by atoms with Gasteiger partial charge in [0.05, 0.1) is 6.42 Å². The highest BCUT2D eigenvalue weighted by Gasteiger charge is 2.19. The monoisotopic (exact) mass is 1120 g/mol. The molecule has 1 unspecified atom stereocenters. The molecule has 0 aliphatic carbocycles. The van der Waals surface area contributed by atoms with E-state index in [2.05, 4.69) is 118 Å². The molecule has 0 aromatic rings. The van der Waals surface area contributed by atoms with Crippen molar-refractivity contribution >= 4 is 17.9 Å². The van der Waals surface area contributed by atoms with Gasteiger partial charge in [0.25, 0.3) is 0 Å². The summed E-state index contributed by atoms with van der Waals surface area (Å²) in [6, 6.07) is 0. The zero-order valence-corrected chi connectivity index (χ0v) is 53.3. The highest BCUT2D eigenvalue weighted by atomic mass is 16.6. The molecule has 81 heavy (non-hydrogen) atoms. The second-order valence-electron chi connectivity index (χ2n) is 22.7. The van der Waals surface area contributed by atoms with Gasteiger partial charge in [0.1, 0.15) is 13.2 Å². The van der Waals surface area contributed by atoms with Crippen LogP contribution in [-0.2, 0) is 28.6 Å². The first-order valence-corrected chi connectivity index (χ1v) is 34.4. The van der Waals surface area contributed by atoms with Crippen molar-refractivity contribution in [1.29, 1.82) is 0 Å². The number of allylic oxidation sites excluding steroid dienone is 17. The van der Waals surface area contributed by atoms with E-state index in [-0.39, 0.29) is 31.6 Å². The van der Waals surface area contributed by atoms with Crippen molar-refractivity contribution in [2.75, 3.05) is 13.2 Å². The van der Waals surface area contributed by atoms with E-state index in [0.29, 0.717) is 12.8 Å². The van der Waals surface area contributed by atoms with Crippen molar-refractivity contribution in [2.45, 2.75) is 335 Å². The first kappa shape index (κ1) is 77.1. The van der Waals surface area contributed by atoms with Crippen LogP contribution in [0.1, 0.15) is 329 Å². The minimum absolute atomic E-state index is 0.110. The molecule has 6 heteroatoms. The number of unbranched alkanes of at least 4 members (excludes halogenated alkanes) is 34. The Morgan fingerprint density at radius 3 is 0.877 bits per heavy atom. The van der Waals surface area contributed by atoms with Gasteiger partial charge in [-0.3, -0.25) is 14.4 Å². The van der Waals surface area contributed by atoms with E-state index in [1.165, 1.54) is 205 Å². The largest absolute Gasteiger partial charge is 0.462 e. The van der Waals surface area contributed by atoms with Crippen molar-refractivity contribution in [3.05, 3.63) is 109 Å². The average Bonchev–Trinajstić information content (AvgIpc) is 3.47. The van der Waals surface area contributed by atoms with E-state index >= 15 is 0 Å². The van der Waals surface area contributed by atoms with Crippen LogP contribution in [0.3, 0.4) is 0 Å². The third kappa shape index (κ3) is 66.8. The van der Waals surface area contributed by atoms with E-state index in [9.17, 15) is 14.4 Å². The lowest BCUT2D eigenvalue weighted by atomic mass is 10.0. The van der Waals surface area contributed by atoms with Crippen molar-refractivity contribution < 1.29 is 28.6 Å². The van der Waals surface area contributed by atoms with Gasteiger partial charge in [-0.25, -0.2) is 0 Å². The SMILES string of the molecule is CC/C=C\C/C=C\C/C=C\C/C=C\C/C=C\CC(=O)OCC(COC(=O)CCCCCCCCCCCC/C=C\C/C=C\C/C=C\CCCCCCC)OC(=O)CCCCCCCCCCCCC/C=C\CCCCCCCCCC. The Morgan fingerprint density at radius 2 is 0.531 bits per heavy atom. The molecule has 1 atom stereocenters. The zero-order chi connectivity index (χ0) is 58.5. The summed E-state index contributed by atoms with van der Waals surface area (Å²) in [5.41, 5.74) is 0. The predicted molar refractivity (Wildman–Crippen MR) is 353 cm³/mol. The summed E-state index contributed by atoms with van der Waals surface area (Å²) in [7, 11) is 0. The number of hydrogen-bond acceptors (Lipinski definition) is 6. The highest BCUT2D eigenvalue weighted by molar-refractivity contribution is 5.72. The molecule has 6 nitrogen and oxygen atoms in total. The minimum Gasteiger partial charge on any atom is -0.462 e. The summed E-state index contributed by atoms with van der Waals surface area (Å²) in [6.45, 7) is 6.46. The van der Waals surface area contributed by atoms with Gasteiger partial charge in [0.15, 0.2) is 6.10 Å². The van der Waals surface area contributed by atoms with Crippen LogP contribution < -0.4 is 0 Å². The number of esters is 3. The Bertz CT molecular complexity index is 1620. The van der Waals surface area contributed by atoms with Gasteiger partial charge in [-0.1, -0.05) is 310 Å². The number of hydrogen-bond donors (Lipinski definition) is 0. The Morgan fingerprint density at radius 1 is 0.272 bits per heavy atom. The van der Waals surface area contributed by atoms with Gasteiger partial charge in [0.2, 0.25) is 0 Å². The molecular formula is C75H128O6. The van der Waals surface area contributed by atoms with E-state index < -0.39 is 12.1 Å². The van der Waals surface area contributed by atoms with E-state index in [1.807, 2.05) is 6.08 Å². The Hall–Kier alpha value is -3.93. The normalized spacial score (nSPS) is 12.8. The summed E-state index contributed by atoms with van der Waals surface area (Å²) in [6.07, 6.45) is 94.2. The molecule has 0 N–H and O–H groups in total. The Balaban J connectivity index is 4.40. The maximum atomic E-state index is 12.9. The Labute approximate surface area is 501 Å². The molecule has 0 fully saturated rings. The van der Waals surface area contributed by atoms with Crippen LogP contribution in [0.2, 0.25) is 0 Å². The Kier molecular flexibility index (Phi) is 65.2. The fourth-order valence-corrected chi connectivity index (χ4v) is 9.64. The van der Waals surface area contributed by atoms with Crippen LogP contribution in [0.25, 0.3) is 0 Å². The van der Waals surface area contributed by atoms with Crippen molar-refractivity contribution in [1.82, 2.24) is 0 Å². The molecule has 0 saturated carbocycles. The number of carbonyl (C=O) groups excluding carboxylic acids is 3. The molecule has 0 radical (unpaired) electrons. The van der Waals surface area contributed by atoms with Crippen LogP contribution in [0, 0.1) is 0 Å². The summed E-state index contributed by atoms with van der Waals surface area (Å²) in [4.78, 5) is 38.3. The van der Waals surface area contributed by atoms with Crippen LogP contribution in [0.4, 0.5) is 0 Å². The summed E-state index contributed by atoms with van der Waals surface area (Å²) in [5.74, 6) is -1.04. The molecule has 0 heterocycles. The van der Waals surface area contributed by atoms with E-state index in [1.54, 1.807) is 6.08 Å². The summed E-state index contributed by atoms with van der Waals surface area (Å²) in [5, 5.41) is 0. The summed E-state index contributed by atoms with van der Waals surface area (Å²) < 4.78 is 16.9. The molecule has 0 aromatic carbocycles. The fourth-order valence-electron chi connectivity index (χ4n) is 9.64. The first-order chi connectivity index (χ1) is 40.0. The van der Waals surface area contributed by atoms with E-state index in [0.717, 1.165) is 83.5 Å². The zero-order valence-electron chi connectivity index (χ0n) is 53.3. The van der Waals surface area contributed by atoms with Gasteiger partial charge >= 0.3 is 17.9 Å². The second kappa shape index (κ2) is 68.6. The van der Waals surface area contributed by atoms with Crippen molar-refractivity contribution in [3.63, 3.8) is 0 Å².